The molecule has 0 saturated carbocycles. The van der Waals surface area contributed by atoms with E-state index in [0.29, 0.717) is 30.2 Å². The number of nitrogens with zero attached hydrogens (tertiary/aromatic N) is 1. The summed E-state index contributed by atoms with van der Waals surface area (Å²) in [7, 11) is 3.95. The van der Waals surface area contributed by atoms with Gasteiger partial charge < -0.3 is 20.7 Å². The molecule has 106 valence electrons. The van der Waals surface area contributed by atoms with E-state index in [2.05, 4.69) is 5.32 Å². The maximum absolute atomic E-state index is 11.8. The molecule has 3 N–H and O–H groups in total. The first-order valence-electron chi connectivity index (χ1n) is 6.49. The number of anilines is 1. The molecule has 0 atom stereocenters. The van der Waals surface area contributed by atoms with Crippen molar-refractivity contribution >= 4 is 11.6 Å². The molecule has 1 rings (SSSR count). The summed E-state index contributed by atoms with van der Waals surface area (Å²) in [6.07, 6.45) is 0.910. The number of amides is 1. The Hall–Kier alpha value is -1.75. The van der Waals surface area contributed by atoms with Crippen molar-refractivity contribution in [1.29, 1.82) is 0 Å². The number of nitrogens with two attached hydrogens (primary N) is 1. The van der Waals surface area contributed by atoms with Gasteiger partial charge in [-0.1, -0.05) is 6.92 Å². The van der Waals surface area contributed by atoms with Gasteiger partial charge in [-0.05, 0) is 38.7 Å². The third-order valence-electron chi connectivity index (χ3n) is 2.61. The van der Waals surface area contributed by atoms with E-state index in [4.69, 9.17) is 10.5 Å². The number of likely N-dealkylation sites (N-methyl/N-ethyl adjacent to an activating group) is 1. The van der Waals surface area contributed by atoms with E-state index in [9.17, 15) is 4.79 Å². The Morgan fingerprint density at radius 2 is 2.16 bits per heavy atom. The minimum absolute atomic E-state index is 0.0979. The van der Waals surface area contributed by atoms with Crippen molar-refractivity contribution in [2.24, 2.45) is 0 Å². The van der Waals surface area contributed by atoms with Gasteiger partial charge in [-0.2, -0.15) is 0 Å². The number of nitrogen functional groups attached to an aromatic ring is 1. The van der Waals surface area contributed by atoms with Gasteiger partial charge in [-0.25, -0.2) is 0 Å². The van der Waals surface area contributed by atoms with Crippen LogP contribution < -0.4 is 15.8 Å². The van der Waals surface area contributed by atoms with Crippen LogP contribution in [0.25, 0.3) is 0 Å². The summed E-state index contributed by atoms with van der Waals surface area (Å²) in [5, 5.41) is 2.83. The fourth-order valence-corrected chi connectivity index (χ4v) is 1.48. The fraction of sp³-hybridized carbons (Fsp3) is 0.500. The molecule has 0 saturated heterocycles. The van der Waals surface area contributed by atoms with E-state index in [1.54, 1.807) is 18.2 Å². The van der Waals surface area contributed by atoms with Crippen LogP contribution in [0.5, 0.6) is 5.75 Å². The number of hydrogen-bond acceptors (Lipinski definition) is 4. The van der Waals surface area contributed by atoms with Crippen molar-refractivity contribution < 1.29 is 9.53 Å². The zero-order chi connectivity index (χ0) is 14.3. The van der Waals surface area contributed by atoms with E-state index in [0.717, 1.165) is 13.0 Å². The highest BCUT2D eigenvalue weighted by atomic mass is 16.5. The quantitative estimate of drug-likeness (QED) is 0.730. The predicted octanol–water partition coefficient (Wildman–Crippen LogP) is 1.35. The Bertz CT molecular complexity index is 419. The molecule has 0 aliphatic rings. The molecule has 0 aliphatic carbocycles. The van der Waals surface area contributed by atoms with Crippen LogP contribution in [-0.4, -0.2) is 44.6 Å². The van der Waals surface area contributed by atoms with Crippen LogP contribution in [0.15, 0.2) is 18.2 Å². The number of rotatable bonds is 7. The smallest absolute Gasteiger partial charge is 0.251 e. The van der Waals surface area contributed by atoms with E-state index < -0.39 is 0 Å². The molecule has 0 heterocycles. The van der Waals surface area contributed by atoms with Crippen LogP contribution >= 0.6 is 0 Å². The number of ether oxygens (including phenoxy) is 1. The number of carbonyl (C=O) groups excluding carboxylic acids is 1. The van der Waals surface area contributed by atoms with E-state index in [1.807, 2.05) is 25.9 Å². The van der Waals surface area contributed by atoms with Crippen molar-refractivity contribution in [3.05, 3.63) is 23.8 Å². The fourth-order valence-electron chi connectivity index (χ4n) is 1.48. The first-order chi connectivity index (χ1) is 9.04. The van der Waals surface area contributed by atoms with Gasteiger partial charge in [0.25, 0.3) is 5.91 Å². The molecule has 0 bridgehead atoms. The van der Waals surface area contributed by atoms with Crippen LogP contribution in [0, 0.1) is 0 Å². The van der Waals surface area contributed by atoms with Crippen LogP contribution in [0.3, 0.4) is 0 Å². The van der Waals surface area contributed by atoms with Crippen molar-refractivity contribution in [1.82, 2.24) is 10.2 Å². The molecule has 1 aromatic rings. The van der Waals surface area contributed by atoms with Gasteiger partial charge in [0.15, 0.2) is 0 Å². The van der Waals surface area contributed by atoms with Gasteiger partial charge in [-0.15, -0.1) is 0 Å². The van der Waals surface area contributed by atoms with E-state index in [1.165, 1.54) is 0 Å². The number of benzene rings is 1. The SMILES string of the molecule is CCCNC(=O)c1ccc(N)c(OCCN(C)C)c1. The summed E-state index contributed by atoms with van der Waals surface area (Å²) in [5.74, 6) is 0.463. The highest BCUT2D eigenvalue weighted by Gasteiger charge is 2.08. The van der Waals surface area contributed by atoms with E-state index >= 15 is 0 Å². The second-order valence-corrected chi connectivity index (χ2v) is 4.66. The third kappa shape index (κ3) is 5.18. The molecule has 5 nitrogen and oxygen atoms in total. The molecule has 0 aromatic heterocycles. The van der Waals surface area contributed by atoms with Crippen molar-refractivity contribution in [2.45, 2.75) is 13.3 Å². The molecule has 1 amide bonds. The first-order valence-corrected chi connectivity index (χ1v) is 6.49. The minimum atomic E-state index is -0.0979. The Morgan fingerprint density at radius 3 is 2.79 bits per heavy atom. The molecule has 19 heavy (non-hydrogen) atoms. The number of nitrogens with one attached hydrogen (secondary N) is 1. The summed E-state index contributed by atoms with van der Waals surface area (Å²) in [6, 6.07) is 5.10. The Balaban J connectivity index is 2.68. The zero-order valence-corrected chi connectivity index (χ0v) is 11.9. The number of hydrogen-bond donors (Lipinski definition) is 2. The summed E-state index contributed by atoms with van der Waals surface area (Å²) >= 11 is 0. The van der Waals surface area contributed by atoms with Gasteiger partial charge in [0.1, 0.15) is 12.4 Å². The zero-order valence-electron chi connectivity index (χ0n) is 11.9. The molecular formula is C14H23N3O2. The monoisotopic (exact) mass is 265 g/mol. The highest BCUT2D eigenvalue weighted by molar-refractivity contribution is 5.95. The molecule has 1 aromatic carbocycles. The molecule has 0 spiro atoms. The predicted molar refractivity (Wildman–Crippen MR) is 77.5 cm³/mol. The molecule has 0 aliphatic heterocycles. The Morgan fingerprint density at radius 1 is 1.42 bits per heavy atom. The number of carbonyl (C=O) groups is 1. The summed E-state index contributed by atoms with van der Waals surface area (Å²) in [6.45, 7) is 4.02. The maximum Gasteiger partial charge on any atom is 0.251 e. The second kappa shape index (κ2) is 7.63. The molecule has 5 heteroatoms. The topological polar surface area (TPSA) is 67.6 Å². The maximum atomic E-state index is 11.8. The van der Waals surface area contributed by atoms with Gasteiger partial charge in [0.2, 0.25) is 0 Å². The van der Waals surface area contributed by atoms with Gasteiger partial charge >= 0.3 is 0 Å². The van der Waals surface area contributed by atoms with Crippen LogP contribution in [0.2, 0.25) is 0 Å². The summed E-state index contributed by atoms with van der Waals surface area (Å²) in [4.78, 5) is 13.9. The average Bonchev–Trinajstić information content (AvgIpc) is 2.37. The van der Waals surface area contributed by atoms with Gasteiger partial charge in [-0.3, -0.25) is 4.79 Å². The molecule has 0 fully saturated rings. The van der Waals surface area contributed by atoms with Gasteiger partial charge in [0.05, 0.1) is 5.69 Å². The van der Waals surface area contributed by atoms with Crippen LogP contribution in [0.1, 0.15) is 23.7 Å². The molecule has 0 unspecified atom stereocenters. The normalized spacial score (nSPS) is 10.5. The van der Waals surface area contributed by atoms with Crippen LogP contribution in [-0.2, 0) is 0 Å². The average molecular weight is 265 g/mol. The molecular weight excluding hydrogens is 242 g/mol. The lowest BCUT2D eigenvalue weighted by Crippen LogP contribution is -2.24. The lowest BCUT2D eigenvalue weighted by Gasteiger charge is -2.13. The standard InChI is InChI=1S/C14H23N3O2/c1-4-7-16-14(18)11-5-6-12(15)13(10-11)19-9-8-17(2)3/h5-6,10H,4,7-9,15H2,1-3H3,(H,16,18). The highest BCUT2D eigenvalue weighted by Crippen LogP contribution is 2.22. The lowest BCUT2D eigenvalue weighted by molar-refractivity contribution is 0.0953. The van der Waals surface area contributed by atoms with Crippen molar-refractivity contribution in [3.8, 4) is 5.75 Å². The van der Waals surface area contributed by atoms with Gasteiger partial charge in [0, 0.05) is 18.7 Å². The minimum Gasteiger partial charge on any atom is -0.490 e. The third-order valence-corrected chi connectivity index (χ3v) is 2.61. The molecule has 0 radical (unpaired) electrons. The Kier molecular flexibility index (Phi) is 6.15. The second-order valence-electron chi connectivity index (χ2n) is 4.66. The van der Waals surface area contributed by atoms with Crippen molar-refractivity contribution in [3.63, 3.8) is 0 Å². The van der Waals surface area contributed by atoms with Crippen molar-refractivity contribution in [2.75, 3.05) is 39.5 Å². The largest absolute Gasteiger partial charge is 0.490 e. The Labute approximate surface area is 114 Å². The van der Waals surface area contributed by atoms with E-state index in [-0.39, 0.29) is 5.91 Å². The first kappa shape index (κ1) is 15.3. The van der Waals surface area contributed by atoms with Crippen LogP contribution in [0.4, 0.5) is 5.69 Å². The summed E-state index contributed by atoms with van der Waals surface area (Å²) < 4.78 is 5.60. The lowest BCUT2D eigenvalue weighted by atomic mass is 10.1. The summed E-state index contributed by atoms with van der Waals surface area (Å²) in [5.41, 5.74) is 6.96.